The van der Waals surface area contributed by atoms with Crippen LogP contribution < -0.4 is 0 Å². The summed E-state index contributed by atoms with van der Waals surface area (Å²) in [5, 5.41) is 0. The molecule has 96 valence electrons. The molecule has 7 heteroatoms. The normalized spacial score (nSPS) is 16.1. The van der Waals surface area contributed by atoms with Crippen LogP contribution in [0.5, 0.6) is 0 Å². The Morgan fingerprint density at radius 3 is 2.12 bits per heavy atom. The standard InChI is InChI=1S/C10H17NO5Si/c1-4-7-17(14-2,15-3)16-8-11-9(12)5-6-10(11)13/h5-6H,4,7-8H2,1-3H3. The van der Waals surface area contributed by atoms with Gasteiger partial charge in [-0.25, -0.2) is 0 Å². The number of amides is 2. The van der Waals surface area contributed by atoms with Crippen molar-refractivity contribution in [3.63, 3.8) is 0 Å². The van der Waals surface area contributed by atoms with Crippen LogP contribution in [0.1, 0.15) is 13.3 Å². The van der Waals surface area contributed by atoms with Crippen LogP contribution in [0.15, 0.2) is 12.2 Å². The highest BCUT2D eigenvalue weighted by molar-refractivity contribution is 6.60. The Labute approximate surface area is 102 Å². The third kappa shape index (κ3) is 3.22. The quantitative estimate of drug-likeness (QED) is 0.493. The minimum Gasteiger partial charge on any atom is -0.377 e. The summed E-state index contributed by atoms with van der Waals surface area (Å²) in [6, 6.07) is 0.643. The largest absolute Gasteiger partial charge is 0.501 e. The van der Waals surface area contributed by atoms with E-state index in [9.17, 15) is 9.59 Å². The topological polar surface area (TPSA) is 65.1 Å². The van der Waals surface area contributed by atoms with Gasteiger partial charge in [-0.1, -0.05) is 13.3 Å². The Morgan fingerprint density at radius 1 is 1.18 bits per heavy atom. The molecule has 0 saturated heterocycles. The summed E-state index contributed by atoms with van der Waals surface area (Å²) in [6.07, 6.45) is 3.27. The van der Waals surface area contributed by atoms with Gasteiger partial charge in [0.05, 0.1) is 0 Å². The van der Waals surface area contributed by atoms with Crippen molar-refractivity contribution in [1.29, 1.82) is 0 Å². The summed E-state index contributed by atoms with van der Waals surface area (Å²) in [7, 11) is 0.278. The zero-order valence-corrected chi connectivity index (χ0v) is 11.3. The first-order valence-electron chi connectivity index (χ1n) is 5.36. The van der Waals surface area contributed by atoms with Crippen LogP contribution in [0.25, 0.3) is 0 Å². The number of imide groups is 1. The number of nitrogens with zero attached hydrogens (tertiary/aromatic N) is 1. The van der Waals surface area contributed by atoms with E-state index in [2.05, 4.69) is 0 Å². The van der Waals surface area contributed by atoms with Gasteiger partial charge in [0.15, 0.2) is 0 Å². The lowest BCUT2D eigenvalue weighted by atomic mass is 10.6. The molecule has 0 aromatic rings. The summed E-state index contributed by atoms with van der Waals surface area (Å²) in [4.78, 5) is 23.6. The van der Waals surface area contributed by atoms with Gasteiger partial charge in [0.1, 0.15) is 6.73 Å². The Kier molecular flexibility index (Phi) is 5.00. The van der Waals surface area contributed by atoms with Crippen LogP contribution in [0, 0.1) is 0 Å². The van der Waals surface area contributed by atoms with Crippen molar-refractivity contribution in [2.24, 2.45) is 0 Å². The van der Waals surface area contributed by atoms with E-state index in [1.54, 1.807) is 0 Å². The highest BCUT2D eigenvalue weighted by Crippen LogP contribution is 2.17. The fourth-order valence-electron chi connectivity index (χ4n) is 1.50. The van der Waals surface area contributed by atoms with E-state index in [0.717, 1.165) is 11.3 Å². The molecule has 0 saturated carbocycles. The number of carbonyl (C=O) groups excluding carboxylic acids is 2. The first-order valence-corrected chi connectivity index (χ1v) is 7.29. The van der Waals surface area contributed by atoms with Crippen molar-refractivity contribution in [3.8, 4) is 0 Å². The fourth-order valence-corrected chi connectivity index (χ4v) is 3.40. The van der Waals surface area contributed by atoms with Gasteiger partial charge in [0.2, 0.25) is 0 Å². The number of rotatable bonds is 7. The molecule has 0 aliphatic carbocycles. The molecular formula is C10H17NO5Si. The molecule has 1 aliphatic rings. The maximum Gasteiger partial charge on any atom is 0.501 e. The molecule has 0 aromatic carbocycles. The lowest BCUT2D eigenvalue weighted by Crippen LogP contribution is -2.47. The highest BCUT2D eigenvalue weighted by atomic mass is 28.4. The Morgan fingerprint density at radius 2 is 1.71 bits per heavy atom. The van der Waals surface area contributed by atoms with Gasteiger partial charge in [-0.3, -0.25) is 14.5 Å². The maximum absolute atomic E-state index is 11.3. The summed E-state index contributed by atoms with van der Waals surface area (Å²) in [5.41, 5.74) is 0. The zero-order chi connectivity index (χ0) is 12.9. The van der Waals surface area contributed by atoms with Gasteiger partial charge >= 0.3 is 8.80 Å². The molecule has 0 aromatic heterocycles. The summed E-state index contributed by atoms with van der Waals surface area (Å²) in [5.74, 6) is -0.747. The summed E-state index contributed by atoms with van der Waals surface area (Å²) < 4.78 is 16.1. The van der Waals surface area contributed by atoms with Crippen LogP contribution in [-0.2, 0) is 22.9 Å². The Balaban J connectivity index is 2.58. The van der Waals surface area contributed by atoms with E-state index in [0.29, 0.717) is 6.04 Å². The second-order valence-corrected chi connectivity index (χ2v) is 6.52. The van der Waals surface area contributed by atoms with Crippen LogP contribution in [0.4, 0.5) is 0 Å². The van der Waals surface area contributed by atoms with Gasteiger partial charge in [0.25, 0.3) is 11.8 Å². The van der Waals surface area contributed by atoms with Crippen LogP contribution >= 0.6 is 0 Å². The SMILES string of the molecule is CCC[Si](OC)(OC)OCN1C(=O)C=CC1=O. The average molecular weight is 259 g/mol. The van der Waals surface area contributed by atoms with E-state index in [-0.39, 0.29) is 18.5 Å². The third-order valence-corrected chi connectivity index (χ3v) is 5.42. The minimum atomic E-state index is -2.74. The van der Waals surface area contributed by atoms with Crippen molar-refractivity contribution in [1.82, 2.24) is 4.90 Å². The monoisotopic (exact) mass is 259 g/mol. The summed E-state index contributed by atoms with van der Waals surface area (Å²) >= 11 is 0. The molecule has 0 N–H and O–H groups in total. The first-order chi connectivity index (χ1) is 8.08. The molecule has 1 aliphatic heterocycles. The summed E-state index contributed by atoms with van der Waals surface area (Å²) in [6.45, 7) is 1.86. The predicted molar refractivity (Wildman–Crippen MR) is 61.8 cm³/mol. The van der Waals surface area contributed by atoms with E-state index >= 15 is 0 Å². The van der Waals surface area contributed by atoms with Crippen LogP contribution in [0.2, 0.25) is 6.04 Å². The third-order valence-electron chi connectivity index (χ3n) is 2.49. The molecule has 1 heterocycles. The molecule has 1 rings (SSSR count). The van der Waals surface area contributed by atoms with Crippen LogP contribution in [0.3, 0.4) is 0 Å². The molecule has 6 nitrogen and oxygen atoms in total. The second-order valence-electron chi connectivity index (χ2n) is 3.55. The lowest BCUT2D eigenvalue weighted by molar-refractivity contribution is -0.141. The molecule has 0 atom stereocenters. The van der Waals surface area contributed by atoms with Crippen molar-refractivity contribution in [2.45, 2.75) is 19.4 Å². The molecule has 17 heavy (non-hydrogen) atoms. The molecule has 2 amide bonds. The van der Waals surface area contributed by atoms with E-state index in [4.69, 9.17) is 13.3 Å². The van der Waals surface area contributed by atoms with Crippen molar-refractivity contribution in [3.05, 3.63) is 12.2 Å². The smallest absolute Gasteiger partial charge is 0.377 e. The number of carbonyl (C=O) groups is 2. The van der Waals surface area contributed by atoms with E-state index in [1.165, 1.54) is 26.4 Å². The van der Waals surface area contributed by atoms with Gasteiger partial charge in [-0.2, -0.15) is 0 Å². The van der Waals surface area contributed by atoms with Gasteiger partial charge in [0, 0.05) is 32.4 Å². The average Bonchev–Trinajstić information content (AvgIpc) is 2.65. The minimum absolute atomic E-state index is 0.126. The second kappa shape index (κ2) is 6.06. The van der Waals surface area contributed by atoms with Gasteiger partial charge < -0.3 is 13.3 Å². The maximum atomic E-state index is 11.3. The molecule has 0 unspecified atom stereocenters. The van der Waals surface area contributed by atoms with Gasteiger partial charge in [-0.05, 0) is 0 Å². The van der Waals surface area contributed by atoms with Crippen molar-refractivity contribution in [2.75, 3.05) is 21.0 Å². The lowest BCUT2D eigenvalue weighted by Gasteiger charge is -2.27. The Bertz CT molecular complexity index is 309. The Hall–Kier alpha value is -1.02. The highest BCUT2D eigenvalue weighted by Gasteiger charge is 2.39. The predicted octanol–water partition coefficient (Wildman–Crippen LogP) is 0.527. The molecule has 0 radical (unpaired) electrons. The molecular weight excluding hydrogens is 242 g/mol. The van der Waals surface area contributed by atoms with Crippen molar-refractivity contribution >= 4 is 20.6 Å². The number of hydrogen-bond donors (Lipinski definition) is 0. The van der Waals surface area contributed by atoms with Crippen LogP contribution in [-0.4, -0.2) is 46.5 Å². The van der Waals surface area contributed by atoms with E-state index < -0.39 is 8.80 Å². The molecule has 0 spiro atoms. The van der Waals surface area contributed by atoms with Crippen molar-refractivity contribution < 1.29 is 22.9 Å². The molecule has 0 fully saturated rings. The number of hydrogen-bond acceptors (Lipinski definition) is 5. The first kappa shape index (κ1) is 14.0. The van der Waals surface area contributed by atoms with Gasteiger partial charge in [-0.15, -0.1) is 0 Å². The van der Waals surface area contributed by atoms with E-state index in [1.807, 2.05) is 6.92 Å². The molecule has 0 bridgehead atoms. The zero-order valence-electron chi connectivity index (χ0n) is 10.3. The fraction of sp³-hybridized carbons (Fsp3) is 0.600.